The molecule has 0 aromatic carbocycles. The van der Waals surface area contributed by atoms with E-state index in [1.165, 1.54) is 23.3 Å². The molecule has 1 aliphatic heterocycles. The molecule has 1 N–H and O–H groups in total. The van der Waals surface area contributed by atoms with Crippen LogP contribution in [-0.4, -0.2) is 38.5 Å². The van der Waals surface area contributed by atoms with Crippen LogP contribution in [-0.2, 0) is 29.0 Å². The van der Waals surface area contributed by atoms with Gasteiger partial charge in [0.1, 0.15) is 10.8 Å². The van der Waals surface area contributed by atoms with Crippen molar-refractivity contribution in [3.8, 4) is 0 Å². The Morgan fingerprint density at radius 3 is 2.79 bits per heavy atom. The highest BCUT2D eigenvalue weighted by atomic mass is 32.1. The number of carbonyl (C=O) groups excluding carboxylic acids is 2. The Balaban J connectivity index is 1.38. The van der Waals surface area contributed by atoms with Gasteiger partial charge >= 0.3 is 0 Å². The minimum absolute atomic E-state index is 0.0857. The largest absolute Gasteiger partial charge is 0.348 e. The van der Waals surface area contributed by atoms with E-state index in [1.54, 1.807) is 4.90 Å². The molecule has 2 aromatic rings. The summed E-state index contributed by atoms with van der Waals surface area (Å²) in [5.41, 5.74) is 3.40. The van der Waals surface area contributed by atoms with Gasteiger partial charge in [-0.15, -0.1) is 10.2 Å². The maximum atomic E-state index is 12.7. The highest BCUT2D eigenvalue weighted by Crippen LogP contribution is 2.30. The Kier molecular flexibility index (Phi) is 5.58. The zero-order valence-corrected chi connectivity index (χ0v) is 17.9. The Labute approximate surface area is 174 Å². The summed E-state index contributed by atoms with van der Waals surface area (Å²) in [7, 11) is 0. The lowest BCUT2D eigenvalue weighted by Gasteiger charge is -2.18. The van der Waals surface area contributed by atoms with Crippen LogP contribution in [0.25, 0.3) is 0 Å². The quantitative estimate of drug-likeness (QED) is 0.806. The van der Waals surface area contributed by atoms with E-state index >= 15 is 0 Å². The molecular formula is C20H26N6O2S. The minimum Gasteiger partial charge on any atom is -0.348 e. The SMILES string of the molecule is Cc1nc(CNC(=O)C2CC(=O)N(c3nnc(C(C)C)s3)C2)nc2c1CCCC2. The van der Waals surface area contributed by atoms with Crippen LogP contribution in [0.4, 0.5) is 5.13 Å². The van der Waals surface area contributed by atoms with Gasteiger partial charge in [0.05, 0.1) is 12.5 Å². The molecule has 29 heavy (non-hydrogen) atoms. The van der Waals surface area contributed by atoms with Crippen LogP contribution in [0.2, 0.25) is 0 Å². The zero-order valence-electron chi connectivity index (χ0n) is 17.1. The summed E-state index contributed by atoms with van der Waals surface area (Å²) in [4.78, 5) is 35.8. The van der Waals surface area contributed by atoms with E-state index in [4.69, 9.17) is 0 Å². The first-order chi connectivity index (χ1) is 13.9. The molecule has 0 bridgehead atoms. The summed E-state index contributed by atoms with van der Waals surface area (Å²) >= 11 is 1.41. The van der Waals surface area contributed by atoms with Crippen molar-refractivity contribution in [3.05, 3.63) is 27.8 Å². The van der Waals surface area contributed by atoms with Gasteiger partial charge in [0.15, 0.2) is 0 Å². The number of aryl methyl sites for hydroxylation is 2. The van der Waals surface area contributed by atoms with Crippen molar-refractivity contribution in [1.29, 1.82) is 0 Å². The number of carbonyl (C=O) groups is 2. The molecule has 1 fully saturated rings. The lowest BCUT2D eigenvalue weighted by molar-refractivity contribution is -0.126. The number of hydrogen-bond donors (Lipinski definition) is 1. The lowest BCUT2D eigenvalue weighted by Crippen LogP contribution is -2.33. The third-order valence-electron chi connectivity index (χ3n) is 5.51. The van der Waals surface area contributed by atoms with E-state index in [2.05, 4.69) is 25.5 Å². The van der Waals surface area contributed by atoms with Crippen molar-refractivity contribution < 1.29 is 9.59 Å². The first-order valence-electron chi connectivity index (χ1n) is 10.2. The van der Waals surface area contributed by atoms with Crippen molar-refractivity contribution >= 4 is 28.3 Å². The molecule has 8 nitrogen and oxygen atoms in total. The maximum absolute atomic E-state index is 12.7. The van der Waals surface area contributed by atoms with Crippen LogP contribution >= 0.6 is 11.3 Å². The molecule has 2 aliphatic rings. The standard InChI is InChI=1S/C20H26N6O2S/c1-11(2)19-24-25-20(29-19)26-10-13(8-17(26)27)18(28)21-9-16-22-12(3)14-6-4-5-7-15(14)23-16/h11,13H,4-10H2,1-3H3,(H,21,28). The number of rotatable bonds is 5. The number of amides is 2. The normalized spacial score (nSPS) is 19.0. The summed E-state index contributed by atoms with van der Waals surface area (Å²) < 4.78 is 0. The van der Waals surface area contributed by atoms with E-state index in [9.17, 15) is 9.59 Å². The monoisotopic (exact) mass is 414 g/mol. The summed E-state index contributed by atoms with van der Waals surface area (Å²) in [6.07, 6.45) is 4.54. The predicted octanol–water partition coefficient (Wildman–Crippen LogP) is 2.31. The van der Waals surface area contributed by atoms with Gasteiger partial charge in [0.2, 0.25) is 16.9 Å². The molecule has 154 valence electrons. The van der Waals surface area contributed by atoms with E-state index in [1.807, 2.05) is 20.8 Å². The number of nitrogens with zero attached hydrogens (tertiary/aromatic N) is 5. The van der Waals surface area contributed by atoms with Crippen LogP contribution in [0, 0.1) is 12.8 Å². The molecule has 1 unspecified atom stereocenters. The molecule has 0 saturated carbocycles. The molecule has 1 saturated heterocycles. The fourth-order valence-electron chi connectivity index (χ4n) is 3.87. The second kappa shape index (κ2) is 8.14. The van der Waals surface area contributed by atoms with Crippen LogP contribution in [0.1, 0.15) is 66.8 Å². The second-order valence-electron chi connectivity index (χ2n) is 8.06. The molecule has 0 radical (unpaired) electrons. The number of anilines is 1. The van der Waals surface area contributed by atoms with Gasteiger partial charge in [-0.05, 0) is 38.2 Å². The number of fused-ring (bicyclic) bond motifs is 1. The minimum atomic E-state index is -0.396. The molecular weight excluding hydrogens is 388 g/mol. The Morgan fingerprint density at radius 1 is 1.24 bits per heavy atom. The smallest absolute Gasteiger partial charge is 0.229 e. The maximum Gasteiger partial charge on any atom is 0.229 e. The molecule has 1 atom stereocenters. The first-order valence-corrected chi connectivity index (χ1v) is 11.0. The number of aromatic nitrogens is 4. The van der Waals surface area contributed by atoms with Gasteiger partial charge in [-0.2, -0.15) is 0 Å². The summed E-state index contributed by atoms with van der Waals surface area (Å²) in [5.74, 6) is 0.278. The van der Waals surface area contributed by atoms with Crippen molar-refractivity contribution in [2.75, 3.05) is 11.4 Å². The van der Waals surface area contributed by atoms with E-state index in [0.29, 0.717) is 17.5 Å². The first kappa shape index (κ1) is 19.9. The lowest BCUT2D eigenvalue weighted by atomic mass is 9.95. The fourth-order valence-corrected chi connectivity index (χ4v) is 4.74. The molecule has 1 aliphatic carbocycles. The van der Waals surface area contributed by atoms with Crippen LogP contribution < -0.4 is 10.2 Å². The summed E-state index contributed by atoms with van der Waals surface area (Å²) in [5, 5.41) is 12.6. The van der Waals surface area contributed by atoms with Crippen LogP contribution in [0.5, 0.6) is 0 Å². The molecule has 9 heteroatoms. The molecule has 2 amide bonds. The Hall–Kier alpha value is -2.42. The highest BCUT2D eigenvalue weighted by Gasteiger charge is 2.36. The average Bonchev–Trinajstić information content (AvgIpc) is 3.33. The van der Waals surface area contributed by atoms with Crippen molar-refractivity contribution in [2.45, 2.75) is 65.3 Å². The number of hydrogen-bond acceptors (Lipinski definition) is 7. The third-order valence-corrected chi connectivity index (χ3v) is 6.75. The Morgan fingerprint density at radius 2 is 2.03 bits per heavy atom. The molecule has 3 heterocycles. The Bertz CT molecular complexity index is 941. The van der Waals surface area contributed by atoms with Crippen molar-refractivity contribution in [1.82, 2.24) is 25.5 Å². The van der Waals surface area contributed by atoms with E-state index in [0.717, 1.165) is 35.7 Å². The van der Waals surface area contributed by atoms with E-state index in [-0.39, 0.29) is 30.7 Å². The second-order valence-corrected chi connectivity index (χ2v) is 9.05. The fraction of sp³-hybridized carbons (Fsp3) is 0.600. The van der Waals surface area contributed by atoms with E-state index < -0.39 is 5.92 Å². The van der Waals surface area contributed by atoms with Crippen LogP contribution in [0.3, 0.4) is 0 Å². The molecule has 2 aromatic heterocycles. The molecule has 4 rings (SSSR count). The third kappa shape index (κ3) is 4.14. The van der Waals surface area contributed by atoms with Gasteiger partial charge in [-0.25, -0.2) is 9.97 Å². The summed E-state index contributed by atoms with van der Waals surface area (Å²) in [6.45, 7) is 6.71. The van der Waals surface area contributed by atoms with Gasteiger partial charge < -0.3 is 5.32 Å². The van der Waals surface area contributed by atoms with Gasteiger partial charge in [0, 0.05) is 30.3 Å². The van der Waals surface area contributed by atoms with Gasteiger partial charge in [-0.3, -0.25) is 14.5 Å². The van der Waals surface area contributed by atoms with Gasteiger partial charge in [0.25, 0.3) is 0 Å². The molecule has 0 spiro atoms. The van der Waals surface area contributed by atoms with Crippen LogP contribution in [0.15, 0.2) is 0 Å². The predicted molar refractivity (Wildman–Crippen MR) is 110 cm³/mol. The topological polar surface area (TPSA) is 101 Å². The average molecular weight is 415 g/mol. The van der Waals surface area contributed by atoms with Crippen molar-refractivity contribution in [2.24, 2.45) is 5.92 Å². The summed E-state index contributed by atoms with van der Waals surface area (Å²) in [6, 6.07) is 0. The highest BCUT2D eigenvalue weighted by molar-refractivity contribution is 7.15. The number of nitrogens with one attached hydrogen (secondary N) is 1. The van der Waals surface area contributed by atoms with Crippen molar-refractivity contribution in [3.63, 3.8) is 0 Å². The zero-order chi connectivity index (χ0) is 20.5. The van der Waals surface area contributed by atoms with Gasteiger partial charge in [-0.1, -0.05) is 25.2 Å².